The van der Waals surface area contributed by atoms with Gasteiger partial charge in [-0.3, -0.25) is 14.4 Å². The van der Waals surface area contributed by atoms with Gasteiger partial charge in [0.25, 0.3) is 0 Å². The second-order valence-corrected chi connectivity index (χ2v) is 5.31. The van der Waals surface area contributed by atoms with E-state index in [1.165, 1.54) is 12.8 Å². The first-order valence-corrected chi connectivity index (χ1v) is 6.54. The minimum atomic E-state index is 0.0866. The molecule has 7 heteroatoms. The number of aromatic nitrogens is 2. The second kappa shape index (κ2) is 4.59. The lowest BCUT2D eigenvalue weighted by Gasteiger charge is -2.15. The molecule has 1 amide bonds. The SMILES string of the molecule is Cn1nc(C2CC2)cc1N1CC(CN=[N+]=[N-])CC1=O. The van der Waals surface area contributed by atoms with E-state index in [2.05, 4.69) is 15.1 Å². The van der Waals surface area contributed by atoms with Gasteiger partial charge >= 0.3 is 0 Å². The molecule has 0 spiro atoms. The first-order chi connectivity index (χ1) is 9.19. The maximum absolute atomic E-state index is 12.0. The topological polar surface area (TPSA) is 86.9 Å². The van der Waals surface area contributed by atoms with Crippen molar-refractivity contribution in [2.24, 2.45) is 18.1 Å². The van der Waals surface area contributed by atoms with E-state index in [0.29, 0.717) is 25.4 Å². The van der Waals surface area contributed by atoms with E-state index < -0.39 is 0 Å². The van der Waals surface area contributed by atoms with Crippen LogP contribution in [-0.4, -0.2) is 28.8 Å². The summed E-state index contributed by atoms with van der Waals surface area (Å²) >= 11 is 0. The van der Waals surface area contributed by atoms with Gasteiger partial charge in [0, 0.05) is 43.5 Å². The first kappa shape index (κ1) is 12.0. The first-order valence-electron chi connectivity index (χ1n) is 6.54. The van der Waals surface area contributed by atoms with Crippen molar-refractivity contribution < 1.29 is 4.79 Å². The van der Waals surface area contributed by atoms with Gasteiger partial charge < -0.3 is 0 Å². The summed E-state index contributed by atoms with van der Waals surface area (Å²) in [5.41, 5.74) is 9.42. The third-order valence-corrected chi connectivity index (χ3v) is 3.75. The van der Waals surface area contributed by atoms with Crippen molar-refractivity contribution in [3.63, 3.8) is 0 Å². The summed E-state index contributed by atoms with van der Waals surface area (Å²) in [4.78, 5) is 16.6. The van der Waals surface area contributed by atoms with Crippen molar-refractivity contribution in [3.8, 4) is 0 Å². The summed E-state index contributed by atoms with van der Waals surface area (Å²) in [5.74, 6) is 1.64. The van der Waals surface area contributed by atoms with Crippen LogP contribution < -0.4 is 4.90 Å². The molecule has 0 radical (unpaired) electrons. The van der Waals surface area contributed by atoms with Crippen LogP contribution in [0.1, 0.15) is 30.9 Å². The minimum Gasteiger partial charge on any atom is -0.297 e. The van der Waals surface area contributed by atoms with Crippen LogP contribution in [0.25, 0.3) is 10.4 Å². The summed E-state index contributed by atoms with van der Waals surface area (Å²) < 4.78 is 1.78. The molecule has 1 atom stereocenters. The van der Waals surface area contributed by atoms with Gasteiger partial charge in [-0.1, -0.05) is 5.11 Å². The van der Waals surface area contributed by atoms with Gasteiger partial charge in [-0.25, -0.2) is 0 Å². The highest BCUT2D eigenvalue weighted by Gasteiger charge is 2.34. The highest BCUT2D eigenvalue weighted by Crippen LogP contribution is 2.40. The van der Waals surface area contributed by atoms with Crippen molar-refractivity contribution in [1.82, 2.24) is 9.78 Å². The average Bonchev–Trinajstić information content (AvgIpc) is 3.07. The fourth-order valence-electron chi connectivity index (χ4n) is 2.59. The zero-order valence-corrected chi connectivity index (χ0v) is 10.9. The van der Waals surface area contributed by atoms with Gasteiger partial charge in [0.1, 0.15) is 5.82 Å². The van der Waals surface area contributed by atoms with E-state index >= 15 is 0 Å². The van der Waals surface area contributed by atoms with E-state index in [4.69, 9.17) is 5.53 Å². The Morgan fingerprint density at radius 1 is 1.58 bits per heavy atom. The van der Waals surface area contributed by atoms with Crippen LogP contribution in [0, 0.1) is 5.92 Å². The lowest BCUT2D eigenvalue weighted by molar-refractivity contribution is -0.117. The molecule has 1 saturated carbocycles. The highest BCUT2D eigenvalue weighted by atomic mass is 16.2. The van der Waals surface area contributed by atoms with Crippen LogP contribution in [0.5, 0.6) is 0 Å². The molecule has 0 aromatic carbocycles. The number of hydrogen-bond donors (Lipinski definition) is 0. The normalized spacial score (nSPS) is 22.7. The van der Waals surface area contributed by atoms with Crippen LogP contribution >= 0.6 is 0 Å². The molecule has 1 saturated heterocycles. The van der Waals surface area contributed by atoms with Crippen LogP contribution in [0.3, 0.4) is 0 Å². The van der Waals surface area contributed by atoms with Gasteiger partial charge in [0.05, 0.1) is 5.69 Å². The van der Waals surface area contributed by atoms with Crippen LogP contribution in [0.2, 0.25) is 0 Å². The molecule has 0 bridgehead atoms. The second-order valence-electron chi connectivity index (χ2n) is 5.31. The van der Waals surface area contributed by atoms with Crippen molar-refractivity contribution in [3.05, 3.63) is 22.2 Å². The van der Waals surface area contributed by atoms with E-state index in [1.54, 1.807) is 9.58 Å². The summed E-state index contributed by atoms with van der Waals surface area (Å²) in [6.45, 7) is 0.994. The number of azide groups is 1. The number of carbonyl (C=O) groups is 1. The molecule has 7 nitrogen and oxygen atoms in total. The molecule has 1 aliphatic carbocycles. The Morgan fingerprint density at radius 2 is 2.37 bits per heavy atom. The number of amides is 1. The van der Waals surface area contributed by atoms with Gasteiger partial charge in [0.15, 0.2) is 0 Å². The summed E-state index contributed by atoms with van der Waals surface area (Å²) in [6, 6.07) is 2.02. The summed E-state index contributed by atoms with van der Waals surface area (Å²) in [7, 11) is 1.87. The van der Waals surface area contributed by atoms with Crippen molar-refractivity contribution in [2.45, 2.75) is 25.2 Å². The summed E-state index contributed by atoms with van der Waals surface area (Å²) in [6.07, 6.45) is 2.84. The molecule has 2 heterocycles. The van der Waals surface area contributed by atoms with E-state index in [-0.39, 0.29) is 11.8 Å². The zero-order chi connectivity index (χ0) is 13.4. The molecule has 3 rings (SSSR count). The Balaban J connectivity index is 1.78. The van der Waals surface area contributed by atoms with Crippen molar-refractivity contribution in [2.75, 3.05) is 18.0 Å². The van der Waals surface area contributed by atoms with Gasteiger partial charge in [-0.2, -0.15) is 5.10 Å². The number of carbonyl (C=O) groups excluding carboxylic acids is 1. The molecular weight excluding hydrogens is 244 g/mol. The van der Waals surface area contributed by atoms with Crippen molar-refractivity contribution in [1.29, 1.82) is 0 Å². The van der Waals surface area contributed by atoms with Crippen LogP contribution in [-0.2, 0) is 11.8 Å². The Morgan fingerprint density at radius 3 is 3.05 bits per heavy atom. The Kier molecular flexibility index (Phi) is 2.91. The number of anilines is 1. The smallest absolute Gasteiger partial charge is 0.228 e. The monoisotopic (exact) mass is 260 g/mol. The van der Waals surface area contributed by atoms with E-state index in [9.17, 15) is 4.79 Å². The standard InChI is InChI=1S/C12H16N6O/c1-17-11(5-10(15-17)9-2-3-9)18-7-8(4-12(18)19)6-14-16-13/h5,8-9H,2-4,6-7H2,1H3. The van der Waals surface area contributed by atoms with Crippen molar-refractivity contribution >= 4 is 11.7 Å². The molecule has 1 aromatic heterocycles. The zero-order valence-electron chi connectivity index (χ0n) is 10.9. The number of hydrogen-bond acceptors (Lipinski definition) is 3. The van der Waals surface area contributed by atoms with Gasteiger partial charge in [-0.05, 0) is 24.3 Å². The number of nitrogens with zero attached hydrogens (tertiary/aromatic N) is 6. The maximum Gasteiger partial charge on any atom is 0.228 e. The third-order valence-electron chi connectivity index (χ3n) is 3.75. The Hall–Kier alpha value is -2.01. The molecule has 1 unspecified atom stereocenters. The Bertz CT molecular complexity index is 555. The lowest BCUT2D eigenvalue weighted by atomic mass is 10.1. The maximum atomic E-state index is 12.0. The molecular formula is C12H16N6O. The number of rotatable bonds is 4. The van der Waals surface area contributed by atoms with Gasteiger partial charge in [-0.15, -0.1) is 0 Å². The molecule has 0 N–H and O–H groups in total. The fourth-order valence-corrected chi connectivity index (χ4v) is 2.59. The molecule has 2 fully saturated rings. The Labute approximate surface area is 110 Å². The van der Waals surface area contributed by atoms with Crippen LogP contribution in [0.4, 0.5) is 5.82 Å². The molecule has 19 heavy (non-hydrogen) atoms. The molecule has 1 aliphatic heterocycles. The average molecular weight is 260 g/mol. The van der Waals surface area contributed by atoms with Gasteiger partial charge in [0.2, 0.25) is 5.91 Å². The largest absolute Gasteiger partial charge is 0.297 e. The highest BCUT2D eigenvalue weighted by molar-refractivity contribution is 5.95. The molecule has 1 aromatic rings. The number of aryl methyl sites for hydroxylation is 1. The van der Waals surface area contributed by atoms with Crippen LogP contribution in [0.15, 0.2) is 11.2 Å². The molecule has 2 aliphatic rings. The quantitative estimate of drug-likeness (QED) is 0.470. The van der Waals surface area contributed by atoms with E-state index in [0.717, 1.165) is 11.5 Å². The molecule has 100 valence electrons. The third kappa shape index (κ3) is 2.29. The van der Waals surface area contributed by atoms with E-state index in [1.807, 2.05) is 13.1 Å². The minimum absolute atomic E-state index is 0.0866. The predicted molar refractivity (Wildman–Crippen MR) is 69.7 cm³/mol. The fraction of sp³-hybridized carbons (Fsp3) is 0.667. The summed E-state index contributed by atoms with van der Waals surface area (Å²) in [5, 5.41) is 8.04. The lowest BCUT2D eigenvalue weighted by Crippen LogP contribution is -2.26. The predicted octanol–water partition coefficient (Wildman–Crippen LogP) is 1.96.